The van der Waals surface area contributed by atoms with Gasteiger partial charge in [-0.3, -0.25) is 9.59 Å². The second kappa shape index (κ2) is 26.3. The molecule has 0 spiro atoms. The molecule has 3 fully saturated rings. The van der Waals surface area contributed by atoms with Gasteiger partial charge in [0.25, 0.3) is 0 Å². The number of ether oxygens (including phenoxy) is 5. The summed E-state index contributed by atoms with van der Waals surface area (Å²) in [4.78, 5) is 33.3. The van der Waals surface area contributed by atoms with Gasteiger partial charge in [0.05, 0.1) is 53.7 Å². The standard InChI is InChI=1S/C61H94N2O12P/c1-14-50-61(10,70)54(66)43(6)63(51(64)33-25-18-26-34-76(45-27-19-15-20-28-45,46-29-21-16-22-30-46)47-31-23-17-24-32-47)38-39(2)36-59(8,69)56(75-58-53(65)48(62(11)12)35-40(3)72-58)41(4)52(42(5)57(68)74-50)49-37-60(9,71-13)55(67)44(7)73-49/h15-17,19-24,27-32,39-44,48-50,52-56,58,65-67,69-70H,14,18,25-26,33-38H2,1-13H3/q+1/t39-,40-,41+,42-,43-,44+,48+,49?,50-,52+,53-,54-,55+,56-,58+,59-,60-,61-/m1/s1. The highest BCUT2D eigenvalue weighted by atomic mass is 31.2. The van der Waals surface area contributed by atoms with Crippen LogP contribution < -0.4 is 15.9 Å². The van der Waals surface area contributed by atoms with E-state index in [-0.39, 0.29) is 50.3 Å². The zero-order valence-corrected chi connectivity index (χ0v) is 48.7. The molecule has 1 unspecified atom stereocenters. The van der Waals surface area contributed by atoms with Crippen LogP contribution in [0.25, 0.3) is 0 Å². The van der Waals surface area contributed by atoms with E-state index in [1.54, 1.807) is 46.4 Å². The van der Waals surface area contributed by atoms with E-state index in [1.165, 1.54) is 29.9 Å². The van der Waals surface area contributed by atoms with Crippen LogP contribution in [0, 0.1) is 23.7 Å². The van der Waals surface area contributed by atoms with Gasteiger partial charge in [-0.15, -0.1) is 0 Å². The monoisotopic (exact) mass is 1080 g/mol. The van der Waals surface area contributed by atoms with E-state index >= 15 is 0 Å². The van der Waals surface area contributed by atoms with Crippen molar-refractivity contribution in [1.82, 2.24) is 9.80 Å². The van der Waals surface area contributed by atoms with Gasteiger partial charge in [0.1, 0.15) is 53.2 Å². The molecule has 6 rings (SSSR count). The maximum Gasteiger partial charge on any atom is 0.309 e. The van der Waals surface area contributed by atoms with Crippen molar-refractivity contribution in [3.8, 4) is 0 Å². The molecule has 1 amide bonds. The summed E-state index contributed by atoms with van der Waals surface area (Å²) in [5.41, 5.74) is -4.77. The molecule has 14 nitrogen and oxygen atoms in total. The number of hydrogen-bond acceptors (Lipinski definition) is 13. The van der Waals surface area contributed by atoms with Gasteiger partial charge in [0, 0.05) is 38.5 Å². The second-order valence-electron chi connectivity index (χ2n) is 23.7. The highest BCUT2D eigenvalue weighted by molar-refractivity contribution is 7.95. The number of carbonyl (C=O) groups is 2. The average Bonchev–Trinajstić information content (AvgIpc) is 3.39. The number of aliphatic hydroxyl groups excluding tert-OH is 3. The van der Waals surface area contributed by atoms with Crippen molar-refractivity contribution < 1.29 is 58.8 Å². The fourth-order valence-electron chi connectivity index (χ4n) is 13.2. The summed E-state index contributed by atoms with van der Waals surface area (Å²) in [7, 11) is 3.23. The molecule has 3 aromatic rings. The number of amides is 1. The highest BCUT2D eigenvalue weighted by Crippen LogP contribution is 2.56. The maximum absolute atomic E-state index is 14.9. The summed E-state index contributed by atoms with van der Waals surface area (Å²) in [6, 6.07) is 31.0. The third-order valence-electron chi connectivity index (χ3n) is 17.6. The number of likely N-dealkylation sites (N-methyl/N-ethyl adjacent to an activating group) is 1. The van der Waals surface area contributed by atoms with Gasteiger partial charge < -0.3 is 59.0 Å². The van der Waals surface area contributed by atoms with Crippen LogP contribution in [-0.4, -0.2) is 165 Å². The number of unbranched alkanes of at least 4 members (excludes halogenated alkanes) is 2. The zero-order valence-electron chi connectivity index (χ0n) is 47.8. The first-order chi connectivity index (χ1) is 35.8. The lowest BCUT2D eigenvalue weighted by Gasteiger charge is -2.51. The van der Waals surface area contributed by atoms with Crippen LogP contribution in [-0.2, 0) is 33.3 Å². The number of esters is 1. The number of aliphatic hydroxyl groups is 5. The van der Waals surface area contributed by atoms with Crippen LogP contribution in [0.3, 0.4) is 0 Å². The number of nitrogens with zero attached hydrogens (tertiary/aromatic N) is 2. The topological polar surface area (TPSA) is 188 Å². The molecule has 3 saturated heterocycles. The summed E-state index contributed by atoms with van der Waals surface area (Å²) in [6.45, 7) is 17.8. The third-order valence-corrected chi connectivity index (χ3v) is 22.1. The van der Waals surface area contributed by atoms with E-state index in [0.29, 0.717) is 12.8 Å². The lowest BCUT2D eigenvalue weighted by Crippen LogP contribution is -2.61. The molecule has 15 heteroatoms. The summed E-state index contributed by atoms with van der Waals surface area (Å²) in [6.07, 6.45) is -4.61. The first kappa shape index (κ1) is 61.8. The number of carbonyl (C=O) groups excluding carboxylic acids is 2. The van der Waals surface area contributed by atoms with Crippen molar-refractivity contribution in [2.45, 2.75) is 205 Å². The predicted molar refractivity (Wildman–Crippen MR) is 300 cm³/mol. The van der Waals surface area contributed by atoms with Gasteiger partial charge in [-0.05, 0) is 142 Å². The summed E-state index contributed by atoms with van der Waals surface area (Å²) in [5, 5.41) is 65.0. The zero-order chi connectivity index (χ0) is 55.9. The Balaban J connectivity index is 1.34. The number of cyclic esters (lactones) is 1. The minimum absolute atomic E-state index is 0.0876. The van der Waals surface area contributed by atoms with E-state index < -0.39 is 109 Å². The Bertz CT molecular complexity index is 2180. The van der Waals surface area contributed by atoms with Crippen molar-refractivity contribution >= 4 is 35.1 Å². The molecular formula is C61H94N2O12P+. The number of hydrogen-bond donors (Lipinski definition) is 5. The van der Waals surface area contributed by atoms with Gasteiger partial charge in [0.15, 0.2) is 6.29 Å². The molecule has 0 saturated carbocycles. The molecule has 0 aliphatic carbocycles. The van der Waals surface area contributed by atoms with Gasteiger partial charge in [-0.1, -0.05) is 82.3 Å². The molecule has 0 radical (unpaired) electrons. The van der Waals surface area contributed by atoms with Gasteiger partial charge in [-0.2, -0.15) is 0 Å². The van der Waals surface area contributed by atoms with Crippen molar-refractivity contribution in [3.63, 3.8) is 0 Å². The number of rotatable bonds is 15. The SMILES string of the molecule is CC[C@H]1OC(=O)[C@H](C)[C@@H](C2C[C@@](C)(OC)[C@@H](O)[C@H](C)O2)[C@H](C)[C@@H](O[C@@H]2O[C@H](C)C[C@H](N(C)C)[C@H]2O)[C@](C)(O)C[C@@H](C)CN(C(=O)CCCCC[P+](c2ccccc2)(c2ccccc2)c2ccccc2)[C@H](C)[C@@H](O)[C@]1(C)O. The predicted octanol–water partition coefficient (Wildman–Crippen LogP) is 6.63. The van der Waals surface area contributed by atoms with Crippen LogP contribution in [0.5, 0.6) is 0 Å². The van der Waals surface area contributed by atoms with Crippen molar-refractivity contribution in [2.75, 3.05) is 33.9 Å². The minimum Gasteiger partial charge on any atom is -0.459 e. The normalized spacial score (nSPS) is 37.5. The Kier molecular flexibility index (Phi) is 21.4. The van der Waals surface area contributed by atoms with Crippen LogP contribution in [0.4, 0.5) is 0 Å². The maximum atomic E-state index is 14.9. The van der Waals surface area contributed by atoms with Gasteiger partial charge >= 0.3 is 5.97 Å². The van der Waals surface area contributed by atoms with Gasteiger partial charge in [0.2, 0.25) is 5.91 Å². The molecular weight excluding hydrogens is 984 g/mol. The first-order valence-electron chi connectivity index (χ1n) is 28.1. The number of benzene rings is 3. The third kappa shape index (κ3) is 13.6. The molecule has 3 aliphatic rings. The summed E-state index contributed by atoms with van der Waals surface area (Å²) < 4.78 is 32.2. The Morgan fingerprint density at radius 1 is 0.789 bits per heavy atom. The highest BCUT2D eigenvalue weighted by Gasteiger charge is 2.55. The Hall–Kier alpha value is -3.37. The summed E-state index contributed by atoms with van der Waals surface area (Å²) >= 11 is 0. The summed E-state index contributed by atoms with van der Waals surface area (Å²) in [5.74, 6) is -3.73. The quantitative estimate of drug-likeness (QED) is 0.0621. The lowest BCUT2D eigenvalue weighted by molar-refractivity contribution is -0.302. The van der Waals surface area contributed by atoms with E-state index in [1.807, 2.05) is 39.8 Å². The van der Waals surface area contributed by atoms with Crippen molar-refractivity contribution in [1.29, 1.82) is 0 Å². The number of methoxy groups -OCH3 is 1. The van der Waals surface area contributed by atoms with E-state index in [0.717, 1.165) is 19.0 Å². The first-order valence-corrected chi connectivity index (χ1v) is 30.0. The van der Waals surface area contributed by atoms with Crippen LogP contribution in [0.1, 0.15) is 121 Å². The molecule has 0 bridgehead atoms. The molecule has 0 aromatic heterocycles. The average molecular weight is 1080 g/mol. The van der Waals surface area contributed by atoms with E-state index in [4.69, 9.17) is 23.7 Å². The lowest BCUT2D eigenvalue weighted by atomic mass is 9.68. The van der Waals surface area contributed by atoms with Crippen LogP contribution >= 0.6 is 7.26 Å². The fourth-order valence-corrected chi connectivity index (χ4v) is 17.6. The molecule has 3 heterocycles. The molecule has 424 valence electrons. The van der Waals surface area contributed by atoms with Crippen molar-refractivity contribution in [3.05, 3.63) is 91.0 Å². The van der Waals surface area contributed by atoms with Gasteiger partial charge in [-0.25, -0.2) is 0 Å². The molecule has 3 aromatic carbocycles. The van der Waals surface area contributed by atoms with E-state index in [2.05, 4.69) is 91.0 Å². The van der Waals surface area contributed by atoms with Crippen molar-refractivity contribution in [2.24, 2.45) is 23.7 Å². The molecule has 76 heavy (non-hydrogen) atoms. The molecule has 5 N–H and O–H groups in total. The Labute approximate surface area is 455 Å². The second-order valence-corrected chi connectivity index (χ2v) is 27.3. The van der Waals surface area contributed by atoms with E-state index in [9.17, 15) is 35.1 Å². The molecule has 3 aliphatic heterocycles. The Morgan fingerprint density at radius 2 is 1.34 bits per heavy atom. The minimum atomic E-state index is -2.08. The largest absolute Gasteiger partial charge is 0.459 e. The Morgan fingerprint density at radius 3 is 1.86 bits per heavy atom. The molecule has 18 atom stereocenters. The fraction of sp³-hybridized carbons (Fsp3) is 0.672. The van der Waals surface area contributed by atoms with Crippen LogP contribution in [0.2, 0.25) is 0 Å². The smallest absolute Gasteiger partial charge is 0.309 e. The van der Waals surface area contributed by atoms with Crippen LogP contribution in [0.15, 0.2) is 91.0 Å².